The first kappa shape index (κ1) is 14.8. The summed E-state index contributed by atoms with van der Waals surface area (Å²) in [6, 6.07) is 15.3. The van der Waals surface area contributed by atoms with Crippen molar-refractivity contribution < 1.29 is 4.39 Å². The van der Waals surface area contributed by atoms with Gasteiger partial charge < -0.3 is 10.3 Å². The number of aromatic nitrogens is 1. The molecule has 0 saturated heterocycles. The largest absolute Gasteiger partial charge is 0.340 e. The number of fused-ring (bicyclic) bond motifs is 1. The number of nitrogens with two attached hydrogens (primary N) is 1. The molecule has 0 radical (unpaired) electrons. The highest BCUT2D eigenvalue weighted by molar-refractivity contribution is 5.85. The lowest BCUT2D eigenvalue weighted by Crippen LogP contribution is -2.18. The summed E-state index contributed by atoms with van der Waals surface area (Å²) < 4.78 is 16.2. The van der Waals surface area contributed by atoms with Crippen LogP contribution < -0.4 is 5.73 Å². The maximum absolute atomic E-state index is 14.0. The fraction of sp³-hybridized carbons (Fsp3) is 0.263. The summed E-state index contributed by atoms with van der Waals surface area (Å²) in [5, 5.41) is 1.22. The first-order chi connectivity index (χ1) is 10.6. The predicted octanol–water partition coefficient (Wildman–Crippen LogP) is 4.03. The summed E-state index contributed by atoms with van der Waals surface area (Å²) in [6.07, 6.45) is 0.830. The van der Waals surface area contributed by atoms with Crippen LogP contribution in [0.3, 0.4) is 0 Å². The third-order valence-electron chi connectivity index (χ3n) is 4.17. The van der Waals surface area contributed by atoms with Crippen molar-refractivity contribution in [2.45, 2.75) is 32.9 Å². The molecule has 0 amide bonds. The molecule has 0 fully saturated rings. The highest BCUT2D eigenvalue weighted by Gasteiger charge is 2.15. The average Bonchev–Trinajstić information content (AvgIpc) is 2.75. The van der Waals surface area contributed by atoms with Gasteiger partial charge in [-0.25, -0.2) is 4.39 Å². The van der Waals surface area contributed by atoms with Crippen LogP contribution in [0.25, 0.3) is 10.9 Å². The summed E-state index contributed by atoms with van der Waals surface area (Å²) in [5.74, 6) is -0.159. The van der Waals surface area contributed by atoms with Gasteiger partial charge in [-0.3, -0.25) is 0 Å². The van der Waals surface area contributed by atoms with Gasteiger partial charge in [0.2, 0.25) is 0 Å². The van der Waals surface area contributed by atoms with Crippen LogP contribution >= 0.6 is 0 Å². The van der Waals surface area contributed by atoms with Gasteiger partial charge in [-0.1, -0.05) is 36.4 Å². The van der Waals surface area contributed by atoms with Crippen LogP contribution in [0.4, 0.5) is 4.39 Å². The lowest BCUT2D eigenvalue weighted by molar-refractivity contribution is 0.600. The number of hydrogen-bond donors (Lipinski definition) is 1. The lowest BCUT2D eigenvalue weighted by atomic mass is 10.0. The maximum atomic E-state index is 14.0. The van der Waals surface area contributed by atoms with Crippen LogP contribution in [0, 0.1) is 12.7 Å². The van der Waals surface area contributed by atoms with E-state index < -0.39 is 0 Å². The Morgan fingerprint density at radius 1 is 1.09 bits per heavy atom. The molecule has 22 heavy (non-hydrogen) atoms. The van der Waals surface area contributed by atoms with Gasteiger partial charge in [0.1, 0.15) is 5.82 Å². The third-order valence-corrected chi connectivity index (χ3v) is 4.17. The van der Waals surface area contributed by atoms with Crippen molar-refractivity contribution in [3.63, 3.8) is 0 Å². The maximum Gasteiger partial charge on any atom is 0.128 e. The van der Waals surface area contributed by atoms with E-state index in [0.717, 1.165) is 11.9 Å². The summed E-state index contributed by atoms with van der Waals surface area (Å²) in [4.78, 5) is 0. The molecule has 0 spiro atoms. The van der Waals surface area contributed by atoms with Gasteiger partial charge in [-0.15, -0.1) is 0 Å². The van der Waals surface area contributed by atoms with Crippen molar-refractivity contribution in [1.82, 2.24) is 4.57 Å². The molecule has 0 aliphatic carbocycles. The van der Waals surface area contributed by atoms with Gasteiger partial charge in [0.15, 0.2) is 0 Å². The number of hydrogen-bond acceptors (Lipinski definition) is 1. The molecule has 114 valence electrons. The Kier molecular flexibility index (Phi) is 3.99. The predicted molar refractivity (Wildman–Crippen MR) is 89.5 cm³/mol. The van der Waals surface area contributed by atoms with E-state index in [0.29, 0.717) is 12.1 Å². The number of halogens is 1. The van der Waals surface area contributed by atoms with E-state index in [1.165, 1.54) is 22.7 Å². The van der Waals surface area contributed by atoms with Gasteiger partial charge in [0.25, 0.3) is 0 Å². The Bertz CT molecular complexity index is 802. The number of rotatable bonds is 4. The van der Waals surface area contributed by atoms with Crippen molar-refractivity contribution in [3.8, 4) is 0 Å². The monoisotopic (exact) mass is 296 g/mol. The Labute approximate surface area is 130 Å². The average molecular weight is 296 g/mol. The summed E-state index contributed by atoms with van der Waals surface area (Å²) >= 11 is 0. The van der Waals surface area contributed by atoms with E-state index in [-0.39, 0.29) is 11.9 Å². The van der Waals surface area contributed by atoms with Crippen LogP contribution in [-0.2, 0) is 13.0 Å². The van der Waals surface area contributed by atoms with Crippen LogP contribution in [-0.4, -0.2) is 10.6 Å². The van der Waals surface area contributed by atoms with Crippen LogP contribution in [0.15, 0.2) is 48.5 Å². The molecule has 1 heterocycles. The molecule has 2 aromatic carbocycles. The highest BCUT2D eigenvalue weighted by Crippen LogP contribution is 2.28. The Balaban J connectivity index is 2.13. The van der Waals surface area contributed by atoms with E-state index >= 15 is 0 Å². The van der Waals surface area contributed by atoms with Gasteiger partial charge in [-0.05, 0) is 38.0 Å². The van der Waals surface area contributed by atoms with E-state index in [2.05, 4.69) is 23.6 Å². The zero-order valence-corrected chi connectivity index (χ0v) is 13.0. The molecule has 0 bridgehead atoms. The van der Waals surface area contributed by atoms with E-state index in [4.69, 9.17) is 5.73 Å². The SMILES string of the molecule is Cc1c(CC(C)N)c2ccccc2n1Cc1ccccc1F. The minimum atomic E-state index is -0.159. The lowest BCUT2D eigenvalue weighted by Gasteiger charge is -2.10. The fourth-order valence-corrected chi connectivity index (χ4v) is 3.08. The molecule has 3 aromatic rings. The molecular formula is C19H21FN2. The van der Waals surface area contributed by atoms with Crippen molar-refractivity contribution in [3.05, 3.63) is 71.2 Å². The Morgan fingerprint density at radius 3 is 2.50 bits per heavy atom. The second-order valence-corrected chi connectivity index (χ2v) is 5.94. The molecule has 3 rings (SSSR count). The summed E-state index contributed by atoms with van der Waals surface area (Å²) in [6.45, 7) is 4.65. The second-order valence-electron chi connectivity index (χ2n) is 5.94. The van der Waals surface area contributed by atoms with E-state index in [9.17, 15) is 4.39 Å². The van der Waals surface area contributed by atoms with Crippen molar-refractivity contribution in [2.75, 3.05) is 0 Å². The van der Waals surface area contributed by atoms with Gasteiger partial charge in [0, 0.05) is 28.2 Å². The first-order valence-corrected chi connectivity index (χ1v) is 7.63. The van der Waals surface area contributed by atoms with E-state index in [1.807, 2.05) is 31.2 Å². The molecule has 1 unspecified atom stereocenters. The number of benzene rings is 2. The number of nitrogens with zero attached hydrogens (tertiary/aromatic N) is 1. The minimum Gasteiger partial charge on any atom is -0.340 e. The molecule has 1 aromatic heterocycles. The van der Waals surface area contributed by atoms with E-state index in [1.54, 1.807) is 6.07 Å². The second kappa shape index (κ2) is 5.93. The standard InChI is InChI=1S/C19H21FN2/c1-13(21)11-17-14(2)22(19-10-6-4-8-16(17)19)12-15-7-3-5-9-18(15)20/h3-10,13H,11-12,21H2,1-2H3. The number of para-hydroxylation sites is 1. The molecule has 1 atom stereocenters. The fourth-order valence-electron chi connectivity index (χ4n) is 3.08. The van der Waals surface area contributed by atoms with Crippen LogP contribution in [0.5, 0.6) is 0 Å². The minimum absolute atomic E-state index is 0.103. The third kappa shape index (κ3) is 2.64. The highest BCUT2D eigenvalue weighted by atomic mass is 19.1. The summed E-state index contributed by atoms with van der Waals surface area (Å²) in [5.41, 5.74) is 10.3. The molecule has 0 aliphatic heterocycles. The smallest absolute Gasteiger partial charge is 0.128 e. The van der Waals surface area contributed by atoms with Crippen molar-refractivity contribution in [1.29, 1.82) is 0 Å². The molecule has 0 aliphatic rings. The quantitative estimate of drug-likeness (QED) is 0.774. The van der Waals surface area contributed by atoms with Gasteiger partial charge in [0.05, 0.1) is 6.54 Å². The van der Waals surface area contributed by atoms with Gasteiger partial charge >= 0.3 is 0 Å². The first-order valence-electron chi connectivity index (χ1n) is 7.63. The molecule has 2 nitrogen and oxygen atoms in total. The molecular weight excluding hydrogens is 275 g/mol. The Morgan fingerprint density at radius 2 is 1.77 bits per heavy atom. The van der Waals surface area contributed by atoms with Gasteiger partial charge in [-0.2, -0.15) is 0 Å². The molecule has 2 N–H and O–H groups in total. The zero-order chi connectivity index (χ0) is 15.7. The van der Waals surface area contributed by atoms with Crippen LogP contribution in [0.1, 0.15) is 23.7 Å². The normalized spacial score (nSPS) is 12.7. The van der Waals surface area contributed by atoms with Crippen LogP contribution in [0.2, 0.25) is 0 Å². The molecule has 0 saturated carbocycles. The summed E-state index contributed by atoms with van der Waals surface area (Å²) in [7, 11) is 0. The topological polar surface area (TPSA) is 30.9 Å². The Hall–Kier alpha value is -2.13. The van der Waals surface area contributed by atoms with Crippen molar-refractivity contribution in [2.24, 2.45) is 5.73 Å². The molecule has 3 heteroatoms. The van der Waals surface area contributed by atoms with Crippen molar-refractivity contribution >= 4 is 10.9 Å². The zero-order valence-electron chi connectivity index (χ0n) is 13.0.